The van der Waals surface area contributed by atoms with E-state index in [4.69, 9.17) is 28.5 Å². The molecule has 0 radical (unpaired) electrons. The van der Waals surface area contributed by atoms with E-state index in [-0.39, 0.29) is 25.2 Å². The van der Waals surface area contributed by atoms with Crippen molar-refractivity contribution in [2.45, 2.75) is 185 Å². The van der Waals surface area contributed by atoms with Crippen molar-refractivity contribution in [3.05, 3.63) is 36.5 Å². The van der Waals surface area contributed by atoms with Gasteiger partial charge in [0.15, 0.2) is 12.4 Å². The second-order valence-corrected chi connectivity index (χ2v) is 18.2. The van der Waals surface area contributed by atoms with Crippen molar-refractivity contribution in [1.29, 1.82) is 0 Å². The highest BCUT2D eigenvalue weighted by Crippen LogP contribution is 2.44. The fraction of sp³-hybridized carbons (Fsp3) is 0.810. The summed E-state index contributed by atoms with van der Waals surface area (Å²) in [5.74, 6) is -1.59. The first kappa shape index (κ1) is 57.2. The molecule has 1 aliphatic heterocycles. The van der Waals surface area contributed by atoms with E-state index < -0.39 is 90.8 Å². The number of rotatable bonds is 37. The van der Waals surface area contributed by atoms with Crippen LogP contribution in [0.25, 0.3) is 0 Å². The van der Waals surface area contributed by atoms with Gasteiger partial charge in [0.25, 0.3) is 0 Å². The maximum Gasteiger partial charge on any atom is 0.472 e. The molecule has 61 heavy (non-hydrogen) atoms. The molecule has 0 spiro atoms. The van der Waals surface area contributed by atoms with Crippen LogP contribution < -0.4 is 0 Å². The zero-order valence-corrected chi connectivity index (χ0v) is 38.1. The van der Waals surface area contributed by atoms with Crippen LogP contribution in [0.1, 0.15) is 149 Å². The van der Waals surface area contributed by atoms with Crippen molar-refractivity contribution in [3.8, 4) is 0 Å². The molecule has 19 heteroatoms. The third-order valence-corrected chi connectivity index (χ3v) is 11.2. The van der Waals surface area contributed by atoms with Crippen LogP contribution in [0.3, 0.4) is 0 Å². The van der Waals surface area contributed by atoms with E-state index >= 15 is 0 Å². The largest absolute Gasteiger partial charge is 0.472 e. The zero-order chi connectivity index (χ0) is 45.4. The fourth-order valence-electron chi connectivity index (χ4n) is 6.32. The molecule has 0 aromatic rings. The summed E-state index contributed by atoms with van der Waals surface area (Å²) in [6.45, 7) is 1.31. The highest BCUT2D eigenvalue weighted by atomic mass is 31.2. The van der Waals surface area contributed by atoms with Gasteiger partial charge in [-0.2, -0.15) is 0 Å². The monoisotopic (exact) mass is 914 g/mol. The average Bonchev–Trinajstić information content (AvgIpc) is 3.20. The number of carbonyl (C=O) groups is 2. The Hall–Kier alpha value is -1.82. The Labute approximate surface area is 362 Å². The van der Waals surface area contributed by atoms with Crippen LogP contribution in [0.5, 0.6) is 0 Å². The number of aliphatic hydroxyl groups is 4. The summed E-state index contributed by atoms with van der Waals surface area (Å²) >= 11 is 0. The number of allylic oxidation sites excluding steroid dienone is 4. The second-order valence-electron chi connectivity index (χ2n) is 15.5. The first-order valence-electron chi connectivity index (χ1n) is 22.1. The van der Waals surface area contributed by atoms with E-state index in [9.17, 15) is 44.0 Å². The Kier molecular flexibility index (Phi) is 32.4. The van der Waals surface area contributed by atoms with Gasteiger partial charge in [0.2, 0.25) is 0 Å². The normalized spacial score (nSPS) is 21.2. The zero-order valence-electron chi connectivity index (χ0n) is 36.3. The van der Waals surface area contributed by atoms with Crippen LogP contribution in [0.2, 0.25) is 0 Å². The SMILES string of the molecule is CCCCCC/C=C\CCCCCCCC(=O)O[C@H](COC(=O)CCC/C=C\C[C@H]1[C@@H](O)CC(O)O[C@@H]1/C=C/[C@@H](O)CCCCC)COP(=O)(O)OC[C@@H](O)COP(=O)(O)O. The van der Waals surface area contributed by atoms with Crippen LogP contribution in [0, 0.1) is 5.92 Å². The molecule has 1 heterocycles. The summed E-state index contributed by atoms with van der Waals surface area (Å²) in [5.41, 5.74) is 0. The lowest BCUT2D eigenvalue weighted by Crippen LogP contribution is -2.43. The van der Waals surface area contributed by atoms with Gasteiger partial charge < -0.3 is 49.3 Å². The number of hydrogen-bond donors (Lipinski definition) is 7. The number of phosphoric acid groups is 2. The maximum absolute atomic E-state index is 12.7. The topological polar surface area (TPSA) is 265 Å². The summed E-state index contributed by atoms with van der Waals surface area (Å²) in [5, 5.41) is 40.7. The van der Waals surface area contributed by atoms with E-state index in [1.807, 2.05) is 12.2 Å². The molecule has 0 amide bonds. The van der Waals surface area contributed by atoms with E-state index in [2.05, 4.69) is 35.0 Å². The predicted molar refractivity (Wildman–Crippen MR) is 229 cm³/mol. The molecule has 356 valence electrons. The summed E-state index contributed by atoms with van der Waals surface area (Å²) < 4.78 is 53.4. The molecule has 1 aliphatic rings. The number of phosphoric ester groups is 2. The Bertz CT molecular complexity index is 1340. The third kappa shape index (κ3) is 32.5. The van der Waals surface area contributed by atoms with Crippen LogP contribution in [0.4, 0.5) is 0 Å². The molecular formula is C42H76O17P2. The Morgan fingerprint density at radius 3 is 1.97 bits per heavy atom. The van der Waals surface area contributed by atoms with Gasteiger partial charge in [-0.3, -0.25) is 23.2 Å². The molecule has 0 bridgehead atoms. The van der Waals surface area contributed by atoms with Crippen molar-refractivity contribution in [1.82, 2.24) is 0 Å². The second kappa shape index (κ2) is 34.6. The molecule has 0 saturated carbocycles. The Balaban J connectivity index is 2.61. The van der Waals surface area contributed by atoms with Crippen molar-refractivity contribution in [2.75, 3.05) is 26.4 Å². The van der Waals surface area contributed by atoms with Gasteiger partial charge in [0, 0.05) is 25.2 Å². The van der Waals surface area contributed by atoms with Gasteiger partial charge in [-0.25, -0.2) is 9.13 Å². The molecule has 1 fully saturated rings. The summed E-state index contributed by atoms with van der Waals surface area (Å²) in [4.78, 5) is 52.9. The molecule has 8 atom stereocenters. The maximum atomic E-state index is 12.7. The quantitative estimate of drug-likeness (QED) is 0.0143. The van der Waals surface area contributed by atoms with Crippen molar-refractivity contribution >= 4 is 27.6 Å². The van der Waals surface area contributed by atoms with Gasteiger partial charge in [-0.05, 0) is 57.8 Å². The minimum absolute atomic E-state index is 0.000567. The minimum Gasteiger partial charge on any atom is -0.462 e. The minimum atomic E-state index is -4.90. The Morgan fingerprint density at radius 1 is 0.705 bits per heavy atom. The Morgan fingerprint density at radius 2 is 1.28 bits per heavy atom. The number of carbonyl (C=O) groups excluding carboxylic acids is 2. The average molecular weight is 915 g/mol. The van der Waals surface area contributed by atoms with Crippen molar-refractivity contribution in [3.63, 3.8) is 0 Å². The first-order valence-corrected chi connectivity index (χ1v) is 25.1. The van der Waals surface area contributed by atoms with Crippen LogP contribution in [-0.2, 0) is 46.5 Å². The first-order chi connectivity index (χ1) is 29.0. The van der Waals surface area contributed by atoms with Crippen LogP contribution in [0.15, 0.2) is 36.5 Å². The molecule has 0 aromatic heterocycles. The third-order valence-electron chi connectivity index (χ3n) is 9.79. The lowest BCUT2D eigenvalue weighted by Gasteiger charge is -2.36. The van der Waals surface area contributed by atoms with Gasteiger partial charge in [0.1, 0.15) is 12.7 Å². The number of hydrogen-bond acceptors (Lipinski definition) is 14. The summed E-state index contributed by atoms with van der Waals surface area (Å²) in [7, 11) is -9.77. The number of aliphatic hydroxyl groups excluding tert-OH is 4. The highest BCUT2D eigenvalue weighted by Gasteiger charge is 2.35. The smallest absolute Gasteiger partial charge is 0.462 e. The van der Waals surface area contributed by atoms with Crippen LogP contribution in [-0.4, -0.2) is 110 Å². The van der Waals surface area contributed by atoms with E-state index in [0.29, 0.717) is 32.1 Å². The van der Waals surface area contributed by atoms with Crippen molar-refractivity contribution in [2.24, 2.45) is 5.92 Å². The number of ether oxygens (including phenoxy) is 3. The molecule has 17 nitrogen and oxygen atoms in total. The van der Waals surface area contributed by atoms with Crippen LogP contribution >= 0.6 is 15.6 Å². The van der Waals surface area contributed by atoms with E-state index in [1.165, 1.54) is 25.7 Å². The molecule has 0 aromatic carbocycles. The molecule has 2 unspecified atom stereocenters. The molecule has 1 saturated heterocycles. The number of unbranched alkanes of at least 4 members (excludes halogenated alkanes) is 12. The molecule has 7 N–H and O–H groups in total. The molecule has 1 rings (SSSR count). The number of esters is 2. The lowest BCUT2D eigenvalue weighted by molar-refractivity contribution is -0.199. The van der Waals surface area contributed by atoms with Gasteiger partial charge >= 0.3 is 27.6 Å². The van der Waals surface area contributed by atoms with Gasteiger partial charge in [0.05, 0.1) is 38.1 Å². The fourth-order valence-corrected chi connectivity index (χ4v) is 7.48. The standard InChI is InChI=1S/C42H76O17P2/c1-3-5-7-8-9-10-11-12-13-14-15-16-22-26-41(47)58-36(33-57-61(52,53)56-31-35(44)30-55-60(49,50)51)32-54-40(46)25-21-18-17-20-24-37-38(45)29-42(48)59-39(37)28-27-34(43)23-19-6-4-2/h10-11,17,20,27-28,34-39,42-45,48H,3-9,12-16,18-19,21-26,29-33H2,1-2H3,(H,52,53)(H2,49,50,51)/b11-10-,20-17-,28-27+/t34-,35-,36+,37-,38-,39+,42?/m0/s1. The van der Waals surface area contributed by atoms with Gasteiger partial charge in [-0.1, -0.05) is 108 Å². The molecule has 0 aliphatic carbocycles. The summed E-state index contributed by atoms with van der Waals surface area (Å²) in [6, 6.07) is 0. The lowest BCUT2D eigenvalue weighted by atomic mass is 9.87. The van der Waals surface area contributed by atoms with E-state index in [0.717, 1.165) is 57.8 Å². The van der Waals surface area contributed by atoms with Crippen molar-refractivity contribution < 1.29 is 81.6 Å². The highest BCUT2D eigenvalue weighted by molar-refractivity contribution is 7.47. The predicted octanol–water partition coefficient (Wildman–Crippen LogP) is 7.00. The van der Waals surface area contributed by atoms with E-state index in [1.54, 1.807) is 12.2 Å². The van der Waals surface area contributed by atoms with Gasteiger partial charge in [-0.15, -0.1) is 0 Å². The summed E-state index contributed by atoms with van der Waals surface area (Å²) in [6.07, 6.45) is 21.9. The molecular weight excluding hydrogens is 838 g/mol.